The third kappa shape index (κ3) is 3.26. The molecule has 1 aromatic heterocycles. The fraction of sp³-hybridized carbons (Fsp3) is 0.833. The van der Waals surface area contributed by atoms with Crippen LogP contribution in [0.1, 0.15) is 62.9 Å². The number of hydrogen-bond acceptors (Lipinski definition) is 5. The number of methoxy groups -OCH3 is 1. The van der Waals surface area contributed by atoms with Crippen molar-refractivity contribution in [3.63, 3.8) is 0 Å². The second-order valence-corrected chi connectivity index (χ2v) is 4.58. The molecule has 96 valence electrons. The Morgan fingerprint density at radius 3 is 3.00 bits per heavy atom. The topological polar surface area (TPSA) is 60.2 Å². The molecule has 1 aliphatic rings. The van der Waals surface area contributed by atoms with Gasteiger partial charge in [0, 0.05) is 7.11 Å². The Bertz CT molecular complexity index is 332. The van der Waals surface area contributed by atoms with Crippen LogP contribution in [0.5, 0.6) is 0 Å². The molecule has 5 heteroatoms. The molecule has 0 amide bonds. The first-order valence-corrected chi connectivity index (χ1v) is 6.41. The molecular weight excluding hydrogens is 218 g/mol. The Hall–Kier alpha value is -0.940. The summed E-state index contributed by atoms with van der Waals surface area (Å²) in [5, 5.41) is 7.44. The van der Waals surface area contributed by atoms with E-state index in [0.29, 0.717) is 11.7 Å². The van der Waals surface area contributed by atoms with Crippen LogP contribution < -0.4 is 5.32 Å². The summed E-state index contributed by atoms with van der Waals surface area (Å²) in [7, 11) is 1.65. The first-order chi connectivity index (χ1) is 8.31. The van der Waals surface area contributed by atoms with Crippen molar-refractivity contribution in [3.8, 4) is 0 Å². The second-order valence-electron chi connectivity index (χ2n) is 4.58. The SMILES string of the molecule is COC(C)c1noc(C2CCCCCCN2)n1. The van der Waals surface area contributed by atoms with Gasteiger partial charge in [-0.15, -0.1) is 0 Å². The Morgan fingerprint density at radius 1 is 1.35 bits per heavy atom. The highest BCUT2D eigenvalue weighted by Crippen LogP contribution is 2.22. The van der Waals surface area contributed by atoms with Crippen LogP contribution in [0.4, 0.5) is 0 Å². The predicted octanol–water partition coefficient (Wildman–Crippen LogP) is 2.37. The fourth-order valence-corrected chi connectivity index (χ4v) is 2.08. The highest BCUT2D eigenvalue weighted by Gasteiger charge is 2.21. The monoisotopic (exact) mass is 239 g/mol. The zero-order valence-corrected chi connectivity index (χ0v) is 10.6. The van der Waals surface area contributed by atoms with Gasteiger partial charge in [-0.3, -0.25) is 0 Å². The molecule has 2 atom stereocenters. The van der Waals surface area contributed by atoms with Gasteiger partial charge in [-0.2, -0.15) is 4.98 Å². The average Bonchev–Trinajstić information content (AvgIpc) is 2.77. The van der Waals surface area contributed by atoms with Crippen molar-refractivity contribution >= 4 is 0 Å². The Labute approximate surface area is 102 Å². The van der Waals surface area contributed by atoms with Gasteiger partial charge in [-0.1, -0.05) is 24.4 Å². The number of nitrogens with zero attached hydrogens (tertiary/aromatic N) is 2. The van der Waals surface area contributed by atoms with Gasteiger partial charge in [0.05, 0.1) is 6.04 Å². The largest absolute Gasteiger partial charge is 0.374 e. The van der Waals surface area contributed by atoms with Crippen LogP contribution >= 0.6 is 0 Å². The van der Waals surface area contributed by atoms with E-state index in [-0.39, 0.29) is 12.1 Å². The molecule has 5 nitrogen and oxygen atoms in total. The van der Waals surface area contributed by atoms with E-state index in [1.165, 1.54) is 25.7 Å². The van der Waals surface area contributed by atoms with Crippen LogP contribution in [0.15, 0.2) is 4.52 Å². The summed E-state index contributed by atoms with van der Waals surface area (Å²) in [6.07, 6.45) is 6.02. The first kappa shape index (κ1) is 12.5. The normalized spacial score (nSPS) is 24.0. The molecule has 2 rings (SSSR count). The molecule has 2 unspecified atom stereocenters. The molecule has 0 spiro atoms. The molecule has 1 N–H and O–H groups in total. The molecule has 1 saturated heterocycles. The molecule has 2 heterocycles. The van der Waals surface area contributed by atoms with Gasteiger partial charge in [0.15, 0.2) is 5.82 Å². The molecule has 0 aliphatic carbocycles. The van der Waals surface area contributed by atoms with Gasteiger partial charge in [0.2, 0.25) is 5.89 Å². The number of hydrogen-bond donors (Lipinski definition) is 1. The van der Waals surface area contributed by atoms with Crippen molar-refractivity contribution in [3.05, 3.63) is 11.7 Å². The molecule has 17 heavy (non-hydrogen) atoms. The van der Waals surface area contributed by atoms with E-state index in [9.17, 15) is 0 Å². The second kappa shape index (κ2) is 6.12. The summed E-state index contributed by atoms with van der Waals surface area (Å²) in [5.74, 6) is 1.33. The fourth-order valence-electron chi connectivity index (χ4n) is 2.08. The lowest BCUT2D eigenvalue weighted by Crippen LogP contribution is -2.24. The molecule has 0 bridgehead atoms. The quantitative estimate of drug-likeness (QED) is 0.877. The summed E-state index contributed by atoms with van der Waals surface area (Å²) in [6, 6.07) is 0.209. The maximum atomic E-state index is 5.32. The highest BCUT2D eigenvalue weighted by atomic mass is 16.5. The van der Waals surface area contributed by atoms with Gasteiger partial charge in [-0.05, 0) is 26.3 Å². The number of ether oxygens (including phenoxy) is 1. The minimum Gasteiger partial charge on any atom is -0.374 e. The molecule has 1 fully saturated rings. The highest BCUT2D eigenvalue weighted by molar-refractivity contribution is 4.95. The van der Waals surface area contributed by atoms with Crippen molar-refractivity contribution in [2.24, 2.45) is 0 Å². The van der Waals surface area contributed by atoms with E-state index in [1.54, 1.807) is 7.11 Å². The zero-order chi connectivity index (χ0) is 12.1. The molecule has 0 radical (unpaired) electrons. The van der Waals surface area contributed by atoms with Gasteiger partial charge < -0.3 is 14.6 Å². The maximum Gasteiger partial charge on any atom is 0.243 e. The van der Waals surface area contributed by atoms with Crippen molar-refractivity contribution in [2.75, 3.05) is 13.7 Å². The smallest absolute Gasteiger partial charge is 0.243 e. The Balaban J connectivity index is 2.01. The number of rotatable bonds is 3. The Morgan fingerprint density at radius 2 is 2.18 bits per heavy atom. The van der Waals surface area contributed by atoms with Gasteiger partial charge in [-0.25, -0.2) is 0 Å². The van der Waals surface area contributed by atoms with Crippen LogP contribution in [0.3, 0.4) is 0 Å². The lowest BCUT2D eigenvalue weighted by atomic mass is 10.0. The zero-order valence-electron chi connectivity index (χ0n) is 10.6. The predicted molar refractivity (Wildman–Crippen MR) is 63.6 cm³/mol. The van der Waals surface area contributed by atoms with Crippen molar-refractivity contribution < 1.29 is 9.26 Å². The molecule has 0 aromatic carbocycles. The van der Waals surface area contributed by atoms with Crippen LogP contribution in [-0.2, 0) is 4.74 Å². The van der Waals surface area contributed by atoms with E-state index in [0.717, 1.165) is 13.0 Å². The van der Waals surface area contributed by atoms with Crippen molar-refractivity contribution in [2.45, 2.75) is 51.2 Å². The summed E-state index contributed by atoms with van der Waals surface area (Å²) in [4.78, 5) is 4.41. The van der Waals surface area contributed by atoms with Crippen LogP contribution in [0.2, 0.25) is 0 Å². The van der Waals surface area contributed by atoms with Gasteiger partial charge in [0.1, 0.15) is 6.10 Å². The summed E-state index contributed by atoms with van der Waals surface area (Å²) in [6.45, 7) is 2.95. The Kier molecular flexibility index (Phi) is 4.50. The van der Waals surface area contributed by atoms with E-state index in [2.05, 4.69) is 15.5 Å². The van der Waals surface area contributed by atoms with Crippen LogP contribution in [0.25, 0.3) is 0 Å². The van der Waals surface area contributed by atoms with Gasteiger partial charge in [0.25, 0.3) is 0 Å². The molecule has 1 aliphatic heterocycles. The molecular formula is C12H21N3O2. The van der Waals surface area contributed by atoms with Crippen molar-refractivity contribution in [1.82, 2.24) is 15.5 Å². The maximum absolute atomic E-state index is 5.32. The summed E-state index contributed by atoms with van der Waals surface area (Å²) in [5.41, 5.74) is 0. The van der Waals surface area contributed by atoms with E-state index in [4.69, 9.17) is 9.26 Å². The van der Waals surface area contributed by atoms with Crippen LogP contribution in [-0.4, -0.2) is 23.8 Å². The lowest BCUT2D eigenvalue weighted by Gasteiger charge is -2.17. The first-order valence-electron chi connectivity index (χ1n) is 6.41. The van der Waals surface area contributed by atoms with E-state index < -0.39 is 0 Å². The summed E-state index contributed by atoms with van der Waals surface area (Å²) < 4.78 is 10.5. The third-order valence-electron chi connectivity index (χ3n) is 3.28. The summed E-state index contributed by atoms with van der Waals surface area (Å²) >= 11 is 0. The van der Waals surface area contributed by atoms with Gasteiger partial charge >= 0.3 is 0 Å². The van der Waals surface area contributed by atoms with E-state index in [1.807, 2.05) is 6.92 Å². The van der Waals surface area contributed by atoms with E-state index >= 15 is 0 Å². The molecule has 1 aromatic rings. The minimum atomic E-state index is -0.110. The molecule has 0 saturated carbocycles. The standard InChI is InChI=1S/C12H21N3O2/c1-9(16-2)11-14-12(17-15-11)10-7-5-3-4-6-8-13-10/h9-10,13H,3-8H2,1-2H3. The van der Waals surface area contributed by atoms with Crippen molar-refractivity contribution in [1.29, 1.82) is 0 Å². The number of nitrogens with one attached hydrogen (secondary N) is 1. The average molecular weight is 239 g/mol. The van der Waals surface area contributed by atoms with Crippen LogP contribution in [0, 0.1) is 0 Å². The minimum absolute atomic E-state index is 0.110. The third-order valence-corrected chi connectivity index (χ3v) is 3.28. The number of aromatic nitrogens is 2. The lowest BCUT2D eigenvalue weighted by molar-refractivity contribution is 0.109.